The molecule has 0 aliphatic heterocycles. The lowest BCUT2D eigenvalue weighted by Crippen LogP contribution is -1.98. The Balaban J connectivity index is 2.17. The highest BCUT2D eigenvalue weighted by atomic mass is 32.2. The van der Waals surface area contributed by atoms with Crippen LogP contribution >= 0.6 is 11.8 Å². The minimum Gasteiger partial charge on any atom is -0.326 e. The molecule has 0 spiro atoms. The van der Waals surface area contributed by atoms with E-state index in [9.17, 15) is 0 Å². The Morgan fingerprint density at radius 3 is 2.44 bits per heavy atom. The second-order valence-electron chi connectivity index (χ2n) is 3.67. The van der Waals surface area contributed by atoms with E-state index in [1.54, 1.807) is 11.8 Å². The maximum absolute atomic E-state index is 4.39. The quantitative estimate of drug-likeness (QED) is 0.826. The van der Waals surface area contributed by atoms with Gasteiger partial charge in [0.05, 0.1) is 5.69 Å². The smallest absolute Gasteiger partial charge is 0.207 e. The van der Waals surface area contributed by atoms with Crippen molar-refractivity contribution in [3.8, 4) is 0 Å². The van der Waals surface area contributed by atoms with E-state index in [1.165, 1.54) is 4.90 Å². The zero-order valence-corrected chi connectivity index (χ0v) is 10.5. The van der Waals surface area contributed by atoms with E-state index < -0.39 is 0 Å². The van der Waals surface area contributed by atoms with Gasteiger partial charge in [-0.3, -0.25) is 0 Å². The van der Waals surface area contributed by atoms with Crippen LogP contribution in [-0.4, -0.2) is 15.8 Å². The normalized spacial score (nSPS) is 10.4. The third-order valence-corrected chi connectivity index (χ3v) is 3.09. The van der Waals surface area contributed by atoms with Gasteiger partial charge in [-0.15, -0.1) is 11.8 Å². The monoisotopic (exact) mass is 233 g/mol. The van der Waals surface area contributed by atoms with Crippen molar-refractivity contribution in [2.45, 2.75) is 11.8 Å². The van der Waals surface area contributed by atoms with Crippen LogP contribution in [-0.2, 0) is 7.05 Å². The highest BCUT2D eigenvalue weighted by molar-refractivity contribution is 7.98. The first-order chi connectivity index (χ1) is 7.69. The molecule has 0 atom stereocenters. The fourth-order valence-corrected chi connectivity index (χ4v) is 1.94. The number of anilines is 2. The third kappa shape index (κ3) is 2.39. The molecular formula is C12H15N3S. The summed E-state index contributed by atoms with van der Waals surface area (Å²) in [6.07, 6.45) is 4.07. The largest absolute Gasteiger partial charge is 0.326 e. The Morgan fingerprint density at radius 1 is 1.25 bits per heavy atom. The molecule has 0 fully saturated rings. The van der Waals surface area contributed by atoms with Crippen LogP contribution in [0.4, 0.5) is 11.6 Å². The fraction of sp³-hybridized carbons (Fsp3) is 0.250. The molecule has 1 heterocycles. The average molecular weight is 233 g/mol. The van der Waals surface area contributed by atoms with Crippen LogP contribution in [0.1, 0.15) is 5.69 Å². The zero-order valence-electron chi connectivity index (χ0n) is 9.69. The predicted molar refractivity (Wildman–Crippen MR) is 69.5 cm³/mol. The number of nitrogens with one attached hydrogen (secondary N) is 1. The molecule has 4 heteroatoms. The van der Waals surface area contributed by atoms with Gasteiger partial charge in [0.1, 0.15) is 0 Å². The fourth-order valence-electron chi connectivity index (χ4n) is 1.54. The number of imidazole rings is 1. The van der Waals surface area contributed by atoms with Crippen LogP contribution in [0.3, 0.4) is 0 Å². The summed E-state index contributed by atoms with van der Waals surface area (Å²) in [5, 5.41) is 3.29. The summed E-state index contributed by atoms with van der Waals surface area (Å²) in [7, 11) is 1.98. The molecule has 3 nitrogen and oxygen atoms in total. The number of aromatic nitrogens is 2. The van der Waals surface area contributed by atoms with Crippen molar-refractivity contribution in [1.29, 1.82) is 0 Å². The van der Waals surface area contributed by atoms with Crippen LogP contribution < -0.4 is 5.32 Å². The first kappa shape index (κ1) is 11.1. The molecule has 1 N–H and O–H groups in total. The molecule has 0 saturated carbocycles. The van der Waals surface area contributed by atoms with Crippen molar-refractivity contribution in [3.63, 3.8) is 0 Å². The molecule has 0 bridgehead atoms. The summed E-state index contributed by atoms with van der Waals surface area (Å²) in [4.78, 5) is 5.66. The Bertz CT molecular complexity index is 474. The molecule has 1 aromatic carbocycles. The van der Waals surface area contributed by atoms with E-state index in [2.05, 4.69) is 40.8 Å². The molecule has 16 heavy (non-hydrogen) atoms. The van der Waals surface area contributed by atoms with E-state index in [-0.39, 0.29) is 0 Å². The van der Waals surface area contributed by atoms with E-state index in [0.29, 0.717) is 0 Å². The predicted octanol–water partition coefficient (Wildman–Crippen LogP) is 3.19. The van der Waals surface area contributed by atoms with Crippen LogP contribution in [0.5, 0.6) is 0 Å². The van der Waals surface area contributed by atoms with Crippen molar-refractivity contribution in [2.24, 2.45) is 7.05 Å². The van der Waals surface area contributed by atoms with Gasteiger partial charge in [0.2, 0.25) is 5.95 Å². The van der Waals surface area contributed by atoms with Crippen LogP contribution in [0.2, 0.25) is 0 Å². The van der Waals surface area contributed by atoms with E-state index in [1.807, 2.05) is 24.7 Å². The number of thioether (sulfide) groups is 1. The second-order valence-corrected chi connectivity index (χ2v) is 4.55. The van der Waals surface area contributed by atoms with E-state index in [0.717, 1.165) is 17.3 Å². The van der Waals surface area contributed by atoms with Gasteiger partial charge in [-0.25, -0.2) is 4.98 Å². The number of hydrogen-bond acceptors (Lipinski definition) is 3. The molecule has 84 valence electrons. The molecule has 0 saturated heterocycles. The number of hydrogen-bond donors (Lipinski definition) is 1. The molecule has 0 unspecified atom stereocenters. The molecule has 1 aromatic heterocycles. The number of nitrogens with zero attached hydrogens (tertiary/aromatic N) is 2. The first-order valence-electron chi connectivity index (χ1n) is 5.10. The Morgan fingerprint density at radius 2 is 1.94 bits per heavy atom. The zero-order chi connectivity index (χ0) is 11.5. The third-order valence-electron chi connectivity index (χ3n) is 2.34. The number of aryl methyl sites for hydroxylation is 2. The van der Waals surface area contributed by atoms with Gasteiger partial charge in [-0.1, -0.05) is 0 Å². The summed E-state index contributed by atoms with van der Waals surface area (Å²) in [6, 6.07) is 8.33. The van der Waals surface area contributed by atoms with E-state index >= 15 is 0 Å². The van der Waals surface area contributed by atoms with Crippen LogP contribution in [0.25, 0.3) is 0 Å². The van der Waals surface area contributed by atoms with Gasteiger partial charge >= 0.3 is 0 Å². The van der Waals surface area contributed by atoms with Gasteiger partial charge in [-0.2, -0.15) is 0 Å². The van der Waals surface area contributed by atoms with Gasteiger partial charge in [0, 0.05) is 23.8 Å². The SMILES string of the molecule is CSc1ccc(Nc2nc(C)cn2C)cc1. The molecule has 0 amide bonds. The van der Waals surface area contributed by atoms with Crippen molar-refractivity contribution in [2.75, 3.05) is 11.6 Å². The summed E-state index contributed by atoms with van der Waals surface area (Å²) in [6.45, 7) is 1.99. The topological polar surface area (TPSA) is 29.9 Å². The van der Waals surface area contributed by atoms with Crippen molar-refractivity contribution < 1.29 is 0 Å². The maximum Gasteiger partial charge on any atom is 0.207 e. The number of benzene rings is 1. The molecule has 0 aliphatic rings. The van der Waals surface area contributed by atoms with E-state index in [4.69, 9.17) is 0 Å². The van der Waals surface area contributed by atoms with Gasteiger partial charge < -0.3 is 9.88 Å². The van der Waals surface area contributed by atoms with Gasteiger partial charge in [-0.05, 0) is 37.4 Å². The average Bonchev–Trinajstić information content (AvgIpc) is 2.59. The first-order valence-corrected chi connectivity index (χ1v) is 6.32. The highest BCUT2D eigenvalue weighted by Crippen LogP contribution is 2.20. The molecular weight excluding hydrogens is 218 g/mol. The lowest BCUT2D eigenvalue weighted by molar-refractivity contribution is 0.923. The summed E-state index contributed by atoms with van der Waals surface area (Å²) < 4.78 is 1.98. The molecule has 0 radical (unpaired) electrons. The Kier molecular flexibility index (Phi) is 3.19. The van der Waals surface area contributed by atoms with Crippen molar-refractivity contribution in [3.05, 3.63) is 36.2 Å². The lowest BCUT2D eigenvalue weighted by Gasteiger charge is -2.06. The standard InChI is InChI=1S/C12H15N3S/c1-9-8-15(2)12(13-9)14-10-4-6-11(16-3)7-5-10/h4-8H,1-3H3,(H,13,14). The van der Waals surface area contributed by atoms with Crippen molar-refractivity contribution >= 4 is 23.4 Å². The highest BCUT2D eigenvalue weighted by Gasteiger charge is 2.02. The Labute approximate surface area is 99.9 Å². The van der Waals surface area contributed by atoms with Crippen molar-refractivity contribution in [1.82, 2.24) is 9.55 Å². The summed E-state index contributed by atoms with van der Waals surface area (Å²) >= 11 is 1.74. The van der Waals surface area contributed by atoms with Gasteiger partial charge in [0.25, 0.3) is 0 Å². The van der Waals surface area contributed by atoms with Crippen LogP contribution in [0, 0.1) is 6.92 Å². The minimum absolute atomic E-state index is 0.870. The maximum atomic E-state index is 4.39. The van der Waals surface area contributed by atoms with Crippen LogP contribution in [0.15, 0.2) is 35.4 Å². The summed E-state index contributed by atoms with van der Waals surface area (Å²) in [5.41, 5.74) is 2.08. The molecule has 2 aromatic rings. The lowest BCUT2D eigenvalue weighted by atomic mass is 10.3. The van der Waals surface area contributed by atoms with Gasteiger partial charge in [0.15, 0.2) is 0 Å². The molecule has 0 aliphatic carbocycles. The Hall–Kier alpha value is -1.42. The summed E-state index contributed by atoms with van der Waals surface area (Å²) in [5.74, 6) is 0.870. The minimum atomic E-state index is 0.870. The second kappa shape index (κ2) is 4.61. The molecule has 2 rings (SSSR count). The number of rotatable bonds is 3.